The number of carbonyl (C=O) groups excluding carboxylic acids is 1. The van der Waals surface area contributed by atoms with Gasteiger partial charge < -0.3 is 9.32 Å². The van der Waals surface area contributed by atoms with Gasteiger partial charge in [-0.05, 0) is 24.5 Å². The van der Waals surface area contributed by atoms with E-state index in [0.29, 0.717) is 12.5 Å². The Hall–Kier alpha value is -2.04. The topological polar surface area (TPSA) is 51.3 Å². The molecular weight excluding hydrogens is 242 g/mol. The Morgan fingerprint density at radius 1 is 1.58 bits per heavy atom. The van der Waals surface area contributed by atoms with E-state index in [1.807, 2.05) is 12.1 Å². The van der Waals surface area contributed by atoms with Gasteiger partial charge in [0.05, 0.1) is 6.54 Å². The van der Waals surface area contributed by atoms with Crippen molar-refractivity contribution >= 4 is 6.03 Å². The molecular formula is C14H17N3O2. The Labute approximate surface area is 111 Å². The summed E-state index contributed by atoms with van der Waals surface area (Å²) in [5, 5.41) is 0. The molecule has 0 aromatic carbocycles. The summed E-state index contributed by atoms with van der Waals surface area (Å²) in [6, 6.07) is 3.87. The summed E-state index contributed by atoms with van der Waals surface area (Å²) in [7, 11) is 1.75. The summed E-state index contributed by atoms with van der Waals surface area (Å²) in [5.74, 6) is 3.17. The van der Waals surface area contributed by atoms with Gasteiger partial charge in [-0.15, -0.1) is 0 Å². The largest absolute Gasteiger partial charge is 0.464 e. The predicted molar refractivity (Wildman–Crippen MR) is 69.7 cm³/mol. The van der Waals surface area contributed by atoms with E-state index in [2.05, 4.69) is 11.9 Å². The highest BCUT2D eigenvalue weighted by Gasteiger charge is 2.36. The van der Waals surface area contributed by atoms with Gasteiger partial charge in [-0.2, -0.15) is 0 Å². The highest BCUT2D eigenvalue weighted by molar-refractivity contribution is 5.76. The summed E-state index contributed by atoms with van der Waals surface area (Å²) in [4.78, 5) is 17.5. The number of hydrogen-bond acceptors (Lipinski definition) is 3. The normalized spacial score (nSPS) is 21.4. The maximum absolute atomic E-state index is 12.0. The van der Waals surface area contributed by atoms with Crippen LogP contribution in [0.1, 0.15) is 30.8 Å². The summed E-state index contributed by atoms with van der Waals surface area (Å²) >= 11 is 0. The first-order valence-corrected chi connectivity index (χ1v) is 6.47. The molecule has 0 aliphatic heterocycles. The van der Waals surface area contributed by atoms with E-state index in [9.17, 15) is 4.79 Å². The molecule has 0 spiro atoms. The van der Waals surface area contributed by atoms with E-state index >= 15 is 0 Å². The average molecular weight is 259 g/mol. The van der Waals surface area contributed by atoms with Crippen molar-refractivity contribution in [3.63, 3.8) is 0 Å². The first-order chi connectivity index (χ1) is 9.15. The van der Waals surface area contributed by atoms with Crippen molar-refractivity contribution < 1.29 is 9.21 Å². The van der Waals surface area contributed by atoms with Crippen LogP contribution in [0, 0.1) is 5.92 Å². The number of amides is 1. The van der Waals surface area contributed by atoms with Crippen LogP contribution in [0.2, 0.25) is 0 Å². The van der Waals surface area contributed by atoms with Crippen LogP contribution in [0.25, 0.3) is 0 Å². The lowest BCUT2D eigenvalue weighted by molar-refractivity contribution is 0.204. The molecule has 5 heteroatoms. The zero-order valence-corrected chi connectivity index (χ0v) is 11.1. The van der Waals surface area contributed by atoms with Crippen LogP contribution in [0.15, 0.2) is 35.3 Å². The molecule has 1 amide bonds. The SMILES string of the molecule is CC1CC1c1ccc(CN(C)C(=O)n2ccnc2)o1. The second kappa shape index (κ2) is 4.57. The van der Waals surface area contributed by atoms with E-state index in [-0.39, 0.29) is 6.03 Å². The molecule has 3 rings (SSSR count). The van der Waals surface area contributed by atoms with Gasteiger partial charge in [-0.1, -0.05) is 6.92 Å². The smallest absolute Gasteiger partial charge is 0.329 e. The molecule has 0 bridgehead atoms. The van der Waals surface area contributed by atoms with E-state index in [1.54, 1.807) is 24.3 Å². The molecule has 0 N–H and O–H groups in total. The van der Waals surface area contributed by atoms with Crippen LogP contribution >= 0.6 is 0 Å². The van der Waals surface area contributed by atoms with Gasteiger partial charge in [-0.25, -0.2) is 9.78 Å². The van der Waals surface area contributed by atoms with Crippen LogP contribution in [0.5, 0.6) is 0 Å². The third kappa shape index (κ3) is 2.41. The maximum atomic E-state index is 12.0. The van der Waals surface area contributed by atoms with Crippen molar-refractivity contribution in [3.8, 4) is 0 Å². The van der Waals surface area contributed by atoms with Gasteiger partial charge in [0.15, 0.2) is 0 Å². The Kier molecular flexibility index (Phi) is 2.89. The first kappa shape index (κ1) is 12.0. The molecule has 2 unspecified atom stereocenters. The molecule has 0 saturated heterocycles. The quantitative estimate of drug-likeness (QED) is 0.851. The molecule has 1 fully saturated rings. The van der Waals surface area contributed by atoms with Gasteiger partial charge in [0.25, 0.3) is 0 Å². The molecule has 5 nitrogen and oxygen atoms in total. The number of nitrogens with zero attached hydrogens (tertiary/aromatic N) is 3. The number of carbonyl (C=O) groups is 1. The third-order valence-corrected chi connectivity index (χ3v) is 3.60. The molecule has 2 heterocycles. The van der Waals surface area contributed by atoms with E-state index < -0.39 is 0 Å². The lowest BCUT2D eigenvalue weighted by Crippen LogP contribution is -2.29. The van der Waals surface area contributed by atoms with E-state index in [1.165, 1.54) is 17.3 Å². The Morgan fingerprint density at radius 2 is 2.37 bits per heavy atom. The average Bonchev–Trinajstić information content (AvgIpc) is 2.88. The fourth-order valence-corrected chi connectivity index (χ4v) is 2.27. The van der Waals surface area contributed by atoms with E-state index in [0.717, 1.165) is 17.4 Å². The van der Waals surface area contributed by atoms with Crippen LogP contribution in [0.3, 0.4) is 0 Å². The number of imidazole rings is 1. The molecule has 100 valence electrons. The highest BCUT2D eigenvalue weighted by Crippen LogP contribution is 2.47. The zero-order chi connectivity index (χ0) is 13.4. The van der Waals surface area contributed by atoms with Crippen LogP contribution < -0.4 is 0 Å². The second-order valence-corrected chi connectivity index (χ2v) is 5.23. The number of hydrogen-bond donors (Lipinski definition) is 0. The van der Waals surface area contributed by atoms with Gasteiger partial charge in [0.2, 0.25) is 0 Å². The molecule has 0 radical (unpaired) electrons. The van der Waals surface area contributed by atoms with Gasteiger partial charge in [0.1, 0.15) is 17.8 Å². The number of rotatable bonds is 3. The van der Waals surface area contributed by atoms with Crippen molar-refractivity contribution in [3.05, 3.63) is 42.4 Å². The molecule has 1 saturated carbocycles. The van der Waals surface area contributed by atoms with Gasteiger partial charge in [0, 0.05) is 25.4 Å². The summed E-state index contributed by atoms with van der Waals surface area (Å²) in [6.45, 7) is 2.69. The standard InChI is InChI=1S/C14H17N3O2/c1-10-7-12(10)13-4-3-11(19-13)8-16(2)14(18)17-6-5-15-9-17/h3-6,9-10,12H,7-8H2,1-2H3. The minimum absolute atomic E-state index is 0.116. The van der Waals surface area contributed by atoms with Crippen molar-refractivity contribution in [2.75, 3.05) is 7.05 Å². The van der Waals surface area contributed by atoms with Crippen LogP contribution in [-0.4, -0.2) is 27.5 Å². The molecule has 19 heavy (non-hydrogen) atoms. The zero-order valence-electron chi connectivity index (χ0n) is 11.1. The summed E-state index contributed by atoms with van der Waals surface area (Å²) < 4.78 is 7.25. The molecule has 1 aliphatic carbocycles. The van der Waals surface area contributed by atoms with Crippen LogP contribution in [0.4, 0.5) is 4.79 Å². The minimum Gasteiger partial charge on any atom is -0.464 e. The molecule has 2 atom stereocenters. The molecule has 1 aliphatic rings. The number of furan rings is 1. The Balaban J connectivity index is 1.64. The monoisotopic (exact) mass is 259 g/mol. The maximum Gasteiger partial charge on any atom is 0.329 e. The first-order valence-electron chi connectivity index (χ1n) is 6.47. The summed E-state index contributed by atoms with van der Waals surface area (Å²) in [6.07, 6.45) is 5.93. The van der Waals surface area contributed by atoms with Gasteiger partial charge in [-0.3, -0.25) is 4.57 Å². The molecule has 2 aromatic rings. The predicted octanol–water partition coefficient (Wildman–Crippen LogP) is 2.70. The fraction of sp³-hybridized carbons (Fsp3) is 0.429. The number of aromatic nitrogens is 2. The van der Waals surface area contributed by atoms with Crippen molar-refractivity contribution in [1.82, 2.24) is 14.5 Å². The highest BCUT2D eigenvalue weighted by atomic mass is 16.3. The van der Waals surface area contributed by atoms with E-state index in [4.69, 9.17) is 4.42 Å². The third-order valence-electron chi connectivity index (χ3n) is 3.60. The summed E-state index contributed by atoms with van der Waals surface area (Å²) in [5.41, 5.74) is 0. The molecule has 2 aromatic heterocycles. The fourth-order valence-electron chi connectivity index (χ4n) is 2.27. The Bertz CT molecular complexity index is 573. The second-order valence-electron chi connectivity index (χ2n) is 5.23. The lowest BCUT2D eigenvalue weighted by atomic mass is 10.3. The lowest BCUT2D eigenvalue weighted by Gasteiger charge is -2.15. The van der Waals surface area contributed by atoms with Crippen molar-refractivity contribution in [2.45, 2.75) is 25.8 Å². The van der Waals surface area contributed by atoms with Crippen LogP contribution in [-0.2, 0) is 6.54 Å². The Morgan fingerprint density at radius 3 is 3.00 bits per heavy atom. The van der Waals surface area contributed by atoms with Crippen molar-refractivity contribution in [1.29, 1.82) is 0 Å². The van der Waals surface area contributed by atoms with Gasteiger partial charge >= 0.3 is 6.03 Å². The van der Waals surface area contributed by atoms with Crippen molar-refractivity contribution in [2.24, 2.45) is 5.92 Å². The minimum atomic E-state index is -0.116.